The van der Waals surface area contributed by atoms with Crippen LogP contribution < -0.4 is 10.6 Å². The second-order valence-corrected chi connectivity index (χ2v) is 7.86. The van der Waals surface area contributed by atoms with Gasteiger partial charge in [-0.1, -0.05) is 12.8 Å². The van der Waals surface area contributed by atoms with Crippen molar-refractivity contribution in [3.8, 4) is 6.07 Å². The zero-order valence-electron chi connectivity index (χ0n) is 17.7. The van der Waals surface area contributed by atoms with Crippen LogP contribution in [0.3, 0.4) is 0 Å². The Balaban J connectivity index is 1.51. The van der Waals surface area contributed by atoms with Crippen molar-refractivity contribution in [1.82, 2.24) is 15.1 Å². The molecular weight excluding hydrogens is 378 g/mol. The van der Waals surface area contributed by atoms with Crippen LogP contribution in [0.2, 0.25) is 0 Å². The largest absolute Gasteiger partial charge is 0.349 e. The number of anilines is 1. The maximum atomic E-state index is 12.4. The summed E-state index contributed by atoms with van der Waals surface area (Å²) in [6.45, 7) is 4.47. The first-order chi connectivity index (χ1) is 14.5. The number of hydrogen-bond donors (Lipinski definition) is 2. The highest BCUT2D eigenvalue weighted by atomic mass is 16.2. The summed E-state index contributed by atoms with van der Waals surface area (Å²) in [5.74, 6) is -0.138. The molecule has 0 saturated heterocycles. The van der Waals surface area contributed by atoms with Gasteiger partial charge in [-0.05, 0) is 62.9 Å². The summed E-state index contributed by atoms with van der Waals surface area (Å²) in [5.41, 5.74) is 4.25. The summed E-state index contributed by atoms with van der Waals surface area (Å²) in [7, 11) is 0. The van der Waals surface area contributed by atoms with Crippen molar-refractivity contribution in [3.05, 3.63) is 46.8 Å². The second kappa shape index (κ2) is 10.1. The molecule has 1 aliphatic carbocycles. The fraction of sp³-hybridized carbons (Fsp3) is 0.478. The number of hydrogen-bond acceptors (Lipinski definition) is 4. The van der Waals surface area contributed by atoms with E-state index in [1.165, 1.54) is 12.8 Å². The van der Waals surface area contributed by atoms with Crippen molar-refractivity contribution >= 4 is 17.5 Å². The zero-order chi connectivity index (χ0) is 21.5. The summed E-state index contributed by atoms with van der Waals surface area (Å²) in [6.07, 6.45) is 5.81. The van der Waals surface area contributed by atoms with E-state index in [1.807, 2.05) is 18.5 Å². The van der Waals surface area contributed by atoms with Crippen molar-refractivity contribution in [2.75, 3.05) is 5.32 Å². The molecule has 2 amide bonds. The molecule has 0 bridgehead atoms. The van der Waals surface area contributed by atoms with Gasteiger partial charge in [0.15, 0.2) is 0 Å². The molecule has 1 aliphatic rings. The Morgan fingerprint density at radius 1 is 1.20 bits per heavy atom. The van der Waals surface area contributed by atoms with Gasteiger partial charge in [0, 0.05) is 29.4 Å². The van der Waals surface area contributed by atoms with Gasteiger partial charge in [0.2, 0.25) is 5.91 Å². The molecule has 1 fully saturated rings. The Morgan fingerprint density at radius 3 is 2.57 bits per heavy atom. The Hall–Kier alpha value is -3.14. The highest BCUT2D eigenvalue weighted by Crippen LogP contribution is 2.19. The highest BCUT2D eigenvalue weighted by Gasteiger charge is 2.18. The molecule has 0 radical (unpaired) electrons. The second-order valence-electron chi connectivity index (χ2n) is 7.86. The number of nitrogens with zero attached hydrogens (tertiary/aromatic N) is 3. The van der Waals surface area contributed by atoms with E-state index in [0.717, 1.165) is 29.8 Å². The van der Waals surface area contributed by atoms with E-state index in [9.17, 15) is 9.59 Å². The molecule has 7 heteroatoms. The number of amides is 2. The number of carbonyl (C=O) groups is 2. The Labute approximate surface area is 177 Å². The predicted molar refractivity (Wildman–Crippen MR) is 115 cm³/mol. The van der Waals surface area contributed by atoms with Crippen LogP contribution >= 0.6 is 0 Å². The van der Waals surface area contributed by atoms with Crippen LogP contribution in [0, 0.1) is 25.2 Å². The van der Waals surface area contributed by atoms with Gasteiger partial charge in [-0.15, -0.1) is 0 Å². The van der Waals surface area contributed by atoms with Crippen LogP contribution in [0.25, 0.3) is 0 Å². The molecule has 0 atom stereocenters. The Morgan fingerprint density at radius 2 is 1.90 bits per heavy atom. The van der Waals surface area contributed by atoms with Gasteiger partial charge in [0.1, 0.15) is 0 Å². The monoisotopic (exact) mass is 407 g/mol. The summed E-state index contributed by atoms with van der Waals surface area (Å²) < 4.78 is 1.83. The average molecular weight is 408 g/mol. The van der Waals surface area contributed by atoms with E-state index in [0.29, 0.717) is 37.1 Å². The molecule has 1 aromatic heterocycles. The van der Waals surface area contributed by atoms with Crippen molar-refractivity contribution in [2.24, 2.45) is 0 Å². The first-order valence-electron chi connectivity index (χ1n) is 10.6. The number of aryl methyl sites for hydroxylation is 2. The number of carbonyl (C=O) groups excluding carboxylic acids is 2. The van der Waals surface area contributed by atoms with Gasteiger partial charge in [0.05, 0.1) is 24.7 Å². The minimum atomic E-state index is -0.0817. The molecule has 0 aliphatic heterocycles. The number of nitriles is 1. The van der Waals surface area contributed by atoms with E-state index in [-0.39, 0.29) is 17.9 Å². The Kier molecular flexibility index (Phi) is 7.23. The molecule has 0 unspecified atom stereocenters. The van der Waals surface area contributed by atoms with Crippen LogP contribution in [-0.2, 0) is 17.8 Å². The summed E-state index contributed by atoms with van der Waals surface area (Å²) >= 11 is 0. The lowest BCUT2D eigenvalue weighted by atomic mass is 10.1. The van der Waals surface area contributed by atoms with E-state index in [4.69, 9.17) is 5.26 Å². The maximum Gasteiger partial charge on any atom is 0.251 e. The molecule has 1 heterocycles. The Bertz CT molecular complexity index is 934. The predicted octanol–water partition coefficient (Wildman–Crippen LogP) is 3.66. The third kappa shape index (κ3) is 5.47. The van der Waals surface area contributed by atoms with E-state index in [1.54, 1.807) is 24.3 Å². The molecule has 158 valence electrons. The summed E-state index contributed by atoms with van der Waals surface area (Å²) in [6, 6.07) is 9.42. The standard InChI is InChI=1S/C23H29N5O2/c1-16-21(17(2)28(27-16)15-5-14-24)12-13-22(29)25-20-10-8-18(9-11-20)23(30)26-19-6-3-4-7-19/h8-11,19H,3-7,12-13,15H2,1-2H3,(H,25,29)(H,26,30). The highest BCUT2D eigenvalue weighted by molar-refractivity contribution is 5.96. The van der Waals surface area contributed by atoms with Gasteiger partial charge in [-0.2, -0.15) is 10.4 Å². The molecular formula is C23H29N5O2. The van der Waals surface area contributed by atoms with Crippen molar-refractivity contribution < 1.29 is 9.59 Å². The van der Waals surface area contributed by atoms with Gasteiger partial charge >= 0.3 is 0 Å². The van der Waals surface area contributed by atoms with E-state index < -0.39 is 0 Å². The SMILES string of the molecule is Cc1nn(CCC#N)c(C)c1CCC(=O)Nc1ccc(C(=O)NC2CCCC2)cc1. The van der Waals surface area contributed by atoms with Crippen LogP contribution in [0.4, 0.5) is 5.69 Å². The first-order valence-corrected chi connectivity index (χ1v) is 10.6. The van der Waals surface area contributed by atoms with Crippen molar-refractivity contribution in [1.29, 1.82) is 5.26 Å². The molecule has 2 N–H and O–H groups in total. The zero-order valence-corrected chi connectivity index (χ0v) is 17.7. The minimum absolute atomic E-state index is 0.0564. The lowest BCUT2D eigenvalue weighted by Crippen LogP contribution is -2.32. The molecule has 1 saturated carbocycles. The van der Waals surface area contributed by atoms with Gasteiger partial charge in [-0.25, -0.2) is 0 Å². The topological polar surface area (TPSA) is 99.8 Å². The van der Waals surface area contributed by atoms with E-state index in [2.05, 4.69) is 21.8 Å². The quantitative estimate of drug-likeness (QED) is 0.697. The smallest absolute Gasteiger partial charge is 0.251 e. The van der Waals surface area contributed by atoms with Gasteiger partial charge in [0.25, 0.3) is 5.91 Å². The lowest BCUT2D eigenvalue weighted by molar-refractivity contribution is -0.116. The average Bonchev–Trinajstić information content (AvgIpc) is 3.33. The van der Waals surface area contributed by atoms with Crippen molar-refractivity contribution in [3.63, 3.8) is 0 Å². The van der Waals surface area contributed by atoms with Crippen LogP contribution in [0.5, 0.6) is 0 Å². The molecule has 7 nitrogen and oxygen atoms in total. The van der Waals surface area contributed by atoms with Crippen molar-refractivity contribution in [2.45, 2.75) is 71.4 Å². The molecule has 2 aromatic rings. The summed E-state index contributed by atoms with van der Waals surface area (Å²) in [4.78, 5) is 24.7. The van der Waals surface area contributed by atoms with Crippen LogP contribution in [-0.4, -0.2) is 27.6 Å². The van der Waals surface area contributed by atoms with E-state index >= 15 is 0 Å². The maximum absolute atomic E-state index is 12.4. The number of aromatic nitrogens is 2. The number of rotatable bonds is 8. The third-order valence-corrected chi connectivity index (χ3v) is 5.69. The molecule has 30 heavy (non-hydrogen) atoms. The molecule has 0 spiro atoms. The molecule has 3 rings (SSSR count). The fourth-order valence-electron chi connectivity index (χ4n) is 3.98. The van der Waals surface area contributed by atoms with Crippen LogP contribution in [0.15, 0.2) is 24.3 Å². The minimum Gasteiger partial charge on any atom is -0.349 e. The number of nitrogens with one attached hydrogen (secondary N) is 2. The number of benzene rings is 1. The lowest BCUT2D eigenvalue weighted by Gasteiger charge is -2.12. The first kappa shape index (κ1) is 21.6. The van der Waals surface area contributed by atoms with Crippen LogP contribution in [0.1, 0.15) is 65.8 Å². The van der Waals surface area contributed by atoms with Gasteiger partial charge in [-0.3, -0.25) is 14.3 Å². The fourth-order valence-corrected chi connectivity index (χ4v) is 3.98. The third-order valence-electron chi connectivity index (χ3n) is 5.69. The van der Waals surface area contributed by atoms with Gasteiger partial charge < -0.3 is 10.6 Å². The summed E-state index contributed by atoms with van der Waals surface area (Å²) in [5, 5.41) is 19.2. The normalized spacial score (nSPS) is 13.8. The molecule has 1 aromatic carbocycles.